The van der Waals surface area contributed by atoms with E-state index in [1.807, 2.05) is 24.5 Å². The summed E-state index contributed by atoms with van der Waals surface area (Å²) in [6, 6.07) is 7.39. The van der Waals surface area contributed by atoms with Crippen LogP contribution in [-0.2, 0) is 9.53 Å². The second-order valence-corrected chi connectivity index (χ2v) is 4.83. The second kappa shape index (κ2) is 7.39. The van der Waals surface area contributed by atoms with Gasteiger partial charge in [-0.3, -0.25) is 9.78 Å². The lowest BCUT2D eigenvalue weighted by atomic mass is 10.3. The highest BCUT2D eigenvalue weighted by atomic mass is 32.2. The van der Waals surface area contributed by atoms with E-state index in [1.165, 1.54) is 18.6 Å². The molecule has 0 aliphatic carbocycles. The normalized spacial score (nSPS) is 9.95. The summed E-state index contributed by atoms with van der Waals surface area (Å²) in [5.41, 5.74) is 0.720. The number of aromatic nitrogens is 2. The first-order valence-electron chi connectivity index (χ1n) is 6.06. The molecule has 0 unspecified atom stereocenters. The van der Waals surface area contributed by atoms with Crippen molar-refractivity contribution in [3.8, 4) is 0 Å². The number of nitrogens with one attached hydrogen (secondary N) is 1. The number of esters is 1. The Morgan fingerprint density at radius 3 is 2.90 bits per heavy atom. The lowest BCUT2D eigenvalue weighted by Crippen LogP contribution is -2.21. The number of nitrogens with zero attached hydrogens (tertiary/aromatic N) is 2. The number of carbonyl (C=O) groups excluding carboxylic acids is 2. The fraction of sp³-hybridized carbons (Fsp3) is 0.143. The lowest BCUT2D eigenvalue weighted by Gasteiger charge is -2.07. The van der Waals surface area contributed by atoms with Crippen LogP contribution < -0.4 is 5.32 Å². The summed E-state index contributed by atoms with van der Waals surface area (Å²) in [5.74, 6) is -1.10. The maximum atomic E-state index is 11.7. The quantitative estimate of drug-likeness (QED) is 0.672. The van der Waals surface area contributed by atoms with E-state index in [4.69, 9.17) is 4.74 Å². The first-order valence-corrected chi connectivity index (χ1v) is 7.28. The molecular formula is C14H13N3O3S. The van der Waals surface area contributed by atoms with Crippen LogP contribution in [0, 0.1) is 0 Å². The van der Waals surface area contributed by atoms with Crippen LogP contribution in [0.3, 0.4) is 0 Å². The van der Waals surface area contributed by atoms with Crippen molar-refractivity contribution in [3.05, 3.63) is 48.5 Å². The van der Waals surface area contributed by atoms with Gasteiger partial charge in [-0.25, -0.2) is 9.78 Å². The van der Waals surface area contributed by atoms with E-state index in [-0.39, 0.29) is 12.3 Å². The molecule has 21 heavy (non-hydrogen) atoms. The summed E-state index contributed by atoms with van der Waals surface area (Å²) in [6.07, 6.45) is 6.05. The molecule has 0 spiro atoms. The monoisotopic (exact) mass is 303 g/mol. The molecule has 2 aromatic rings. The highest BCUT2D eigenvalue weighted by molar-refractivity contribution is 7.98. The molecule has 0 atom stereocenters. The van der Waals surface area contributed by atoms with Gasteiger partial charge in [0.25, 0.3) is 5.91 Å². The van der Waals surface area contributed by atoms with Crippen LogP contribution >= 0.6 is 11.8 Å². The van der Waals surface area contributed by atoms with Crippen molar-refractivity contribution < 1.29 is 14.3 Å². The molecule has 0 saturated carbocycles. The second-order valence-electron chi connectivity index (χ2n) is 3.95. The number of anilines is 1. The van der Waals surface area contributed by atoms with Gasteiger partial charge in [-0.2, -0.15) is 0 Å². The fourth-order valence-corrected chi connectivity index (χ4v) is 1.97. The van der Waals surface area contributed by atoms with Gasteiger partial charge < -0.3 is 10.1 Å². The molecule has 2 rings (SSSR count). The molecular weight excluding hydrogens is 290 g/mol. The molecule has 0 aliphatic heterocycles. The third-order valence-corrected chi connectivity index (χ3v) is 3.19. The highest BCUT2D eigenvalue weighted by Gasteiger charge is 2.11. The van der Waals surface area contributed by atoms with E-state index in [9.17, 15) is 9.59 Å². The molecule has 1 amide bonds. The zero-order chi connectivity index (χ0) is 15.1. The summed E-state index contributed by atoms with van der Waals surface area (Å²) in [7, 11) is 0. The van der Waals surface area contributed by atoms with Crippen LogP contribution in [0.5, 0.6) is 0 Å². The minimum absolute atomic E-state index is 0.0645. The van der Waals surface area contributed by atoms with Crippen LogP contribution in [0.25, 0.3) is 0 Å². The number of hydrogen-bond donors (Lipinski definition) is 1. The lowest BCUT2D eigenvalue weighted by molar-refractivity contribution is -0.119. The van der Waals surface area contributed by atoms with E-state index in [1.54, 1.807) is 17.8 Å². The van der Waals surface area contributed by atoms with E-state index < -0.39 is 11.9 Å². The standard InChI is InChI=1S/C14H13N3O3S/c1-21-11-4-2-3-10(7-11)17-13(18)9-20-14(19)12-8-15-5-6-16-12/h2-8H,9H2,1H3,(H,17,18). The van der Waals surface area contributed by atoms with Gasteiger partial charge in [-0.1, -0.05) is 6.07 Å². The Morgan fingerprint density at radius 1 is 1.33 bits per heavy atom. The SMILES string of the molecule is CSc1cccc(NC(=O)COC(=O)c2cnccn2)c1. The molecule has 0 saturated heterocycles. The number of amides is 1. The zero-order valence-electron chi connectivity index (χ0n) is 11.3. The van der Waals surface area contributed by atoms with Gasteiger partial charge in [-0.15, -0.1) is 11.8 Å². The number of ether oxygens (including phenoxy) is 1. The first-order chi connectivity index (χ1) is 10.2. The largest absolute Gasteiger partial charge is 0.451 e. The van der Waals surface area contributed by atoms with Crippen molar-refractivity contribution in [1.29, 1.82) is 0 Å². The molecule has 0 fully saturated rings. The van der Waals surface area contributed by atoms with Crippen LogP contribution in [0.2, 0.25) is 0 Å². The van der Waals surface area contributed by atoms with Gasteiger partial charge in [-0.05, 0) is 24.5 Å². The van der Waals surface area contributed by atoms with Crippen molar-refractivity contribution in [2.45, 2.75) is 4.90 Å². The van der Waals surface area contributed by atoms with E-state index in [0.29, 0.717) is 5.69 Å². The predicted octanol–water partition coefficient (Wildman–Crippen LogP) is 1.99. The molecule has 6 nitrogen and oxygen atoms in total. The van der Waals surface area contributed by atoms with Crippen LogP contribution in [0.4, 0.5) is 5.69 Å². The smallest absolute Gasteiger partial charge is 0.359 e. The fourth-order valence-electron chi connectivity index (χ4n) is 1.51. The average Bonchev–Trinajstić information content (AvgIpc) is 2.53. The van der Waals surface area contributed by atoms with Crippen molar-refractivity contribution in [2.24, 2.45) is 0 Å². The Labute approximate surface area is 125 Å². The van der Waals surface area contributed by atoms with Gasteiger partial charge in [0, 0.05) is 23.0 Å². The van der Waals surface area contributed by atoms with Crippen molar-refractivity contribution in [2.75, 3.05) is 18.2 Å². The minimum atomic E-state index is -0.684. The Bertz CT molecular complexity index is 634. The molecule has 1 aromatic heterocycles. The summed E-state index contributed by atoms with van der Waals surface area (Å²) in [6.45, 7) is -0.376. The van der Waals surface area contributed by atoms with Gasteiger partial charge in [0.1, 0.15) is 0 Å². The first kappa shape index (κ1) is 15.0. The molecule has 1 aromatic carbocycles. The minimum Gasteiger partial charge on any atom is -0.451 e. The molecule has 0 radical (unpaired) electrons. The van der Waals surface area contributed by atoms with Crippen molar-refractivity contribution >= 4 is 29.3 Å². The summed E-state index contributed by atoms with van der Waals surface area (Å²) >= 11 is 1.57. The van der Waals surface area contributed by atoms with Crippen LogP contribution in [0.15, 0.2) is 47.8 Å². The molecule has 108 valence electrons. The number of benzene rings is 1. The molecule has 7 heteroatoms. The van der Waals surface area contributed by atoms with Gasteiger partial charge >= 0.3 is 5.97 Å². The van der Waals surface area contributed by atoms with E-state index in [2.05, 4.69) is 15.3 Å². The number of hydrogen-bond acceptors (Lipinski definition) is 6. The average molecular weight is 303 g/mol. The van der Waals surface area contributed by atoms with E-state index >= 15 is 0 Å². The van der Waals surface area contributed by atoms with Crippen LogP contribution in [0.1, 0.15) is 10.5 Å². The molecule has 1 N–H and O–H groups in total. The zero-order valence-corrected chi connectivity index (χ0v) is 12.1. The number of carbonyl (C=O) groups is 2. The van der Waals surface area contributed by atoms with Gasteiger partial charge in [0.2, 0.25) is 0 Å². The third kappa shape index (κ3) is 4.57. The Balaban J connectivity index is 1.86. The van der Waals surface area contributed by atoms with Crippen molar-refractivity contribution in [3.63, 3.8) is 0 Å². The number of thioether (sulfide) groups is 1. The predicted molar refractivity (Wildman–Crippen MR) is 79.2 cm³/mol. The summed E-state index contributed by atoms with van der Waals surface area (Å²) < 4.78 is 4.86. The third-order valence-electron chi connectivity index (χ3n) is 2.46. The maximum absolute atomic E-state index is 11.7. The van der Waals surface area contributed by atoms with Gasteiger partial charge in [0.05, 0.1) is 6.20 Å². The summed E-state index contributed by atoms with van der Waals surface area (Å²) in [4.78, 5) is 31.9. The molecule has 0 bridgehead atoms. The topological polar surface area (TPSA) is 81.2 Å². The Kier molecular flexibility index (Phi) is 5.28. The molecule has 0 aliphatic rings. The van der Waals surface area contributed by atoms with Gasteiger partial charge in [0.15, 0.2) is 12.3 Å². The van der Waals surface area contributed by atoms with E-state index in [0.717, 1.165) is 4.90 Å². The molecule has 1 heterocycles. The highest BCUT2D eigenvalue weighted by Crippen LogP contribution is 2.18. The Hall–Kier alpha value is -2.41. The maximum Gasteiger partial charge on any atom is 0.359 e. The number of rotatable bonds is 5. The van der Waals surface area contributed by atoms with Crippen LogP contribution in [-0.4, -0.2) is 34.7 Å². The van der Waals surface area contributed by atoms with Crippen molar-refractivity contribution in [1.82, 2.24) is 9.97 Å². The summed E-state index contributed by atoms with van der Waals surface area (Å²) in [5, 5.41) is 2.66. The Morgan fingerprint density at radius 2 is 2.19 bits per heavy atom.